The number of halogens is 1. The Morgan fingerprint density at radius 2 is 1.94 bits per heavy atom. The molecule has 0 bridgehead atoms. The zero-order chi connectivity index (χ0) is 24.8. The molecule has 2 saturated heterocycles. The quantitative estimate of drug-likeness (QED) is 0.389. The molecule has 8 nitrogen and oxygen atoms in total. The average Bonchev–Trinajstić information content (AvgIpc) is 3.24. The van der Waals surface area contributed by atoms with E-state index in [0.717, 1.165) is 65.1 Å². The summed E-state index contributed by atoms with van der Waals surface area (Å²) < 4.78 is 25.6. The van der Waals surface area contributed by atoms with Crippen molar-refractivity contribution in [2.45, 2.75) is 31.9 Å². The fourth-order valence-electron chi connectivity index (χ4n) is 4.96. The molecule has 2 aliphatic heterocycles. The van der Waals surface area contributed by atoms with Crippen molar-refractivity contribution in [3.8, 4) is 28.3 Å². The van der Waals surface area contributed by atoms with Crippen molar-refractivity contribution in [2.24, 2.45) is 5.73 Å². The van der Waals surface area contributed by atoms with Gasteiger partial charge in [0.1, 0.15) is 29.3 Å². The molecule has 186 valence electrons. The number of aromatic amines is 1. The zero-order valence-corrected chi connectivity index (χ0v) is 20.1. The van der Waals surface area contributed by atoms with E-state index in [1.165, 1.54) is 12.1 Å². The van der Waals surface area contributed by atoms with Crippen molar-refractivity contribution in [3.63, 3.8) is 0 Å². The first kappa shape index (κ1) is 22.8. The lowest BCUT2D eigenvalue weighted by Crippen LogP contribution is -2.40. The van der Waals surface area contributed by atoms with Crippen LogP contribution in [0.3, 0.4) is 0 Å². The van der Waals surface area contributed by atoms with E-state index in [0.29, 0.717) is 30.4 Å². The molecule has 9 heteroatoms. The second kappa shape index (κ2) is 9.07. The van der Waals surface area contributed by atoms with E-state index in [-0.39, 0.29) is 18.0 Å². The number of hydrogen-bond donors (Lipinski definition) is 3. The van der Waals surface area contributed by atoms with Crippen LogP contribution in [0.15, 0.2) is 42.6 Å². The Morgan fingerprint density at radius 1 is 1.14 bits per heavy atom. The molecule has 0 amide bonds. The molecular formula is C27H29FN6O2. The highest BCUT2D eigenvalue weighted by Crippen LogP contribution is 2.43. The Balaban J connectivity index is 1.49. The standard InChI is InChI=1S/C27H29FN6O2/c1-15-8-16(10-17(28)9-15)21-12-31-26(30)24(25(21)34-6-4-18(29)5-7-34)27-32-22-3-2-19(11-23(22)33-27)36-20-13-35-14-20/h2-3,8-12,18,20H,4-7,13-14,29H2,1H3,(H2,30,31)(H,32,33). The molecule has 5 N–H and O–H groups in total. The van der Waals surface area contributed by atoms with E-state index < -0.39 is 0 Å². The molecule has 4 aromatic rings. The number of ether oxygens (including phenoxy) is 2. The summed E-state index contributed by atoms with van der Waals surface area (Å²) >= 11 is 0. The molecule has 2 aromatic heterocycles. The number of benzene rings is 2. The van der Waals surface area contributed by atoms with Crippen LogP contribution in [0.1, 0.15) is 18.4 Å². The highest BCUT2D eigenvalue weighted by atomic mass is 19.1. The molecule has 2 fully saturated rings. The van der Waals surface area contributed by atoms with Crippen molar-refractivity contribution in [3.05, 3.63) is 54.0 Å². The minimum Gasteiger partial charge on any atom is -0.486 e. The average molecular weight is 489 g/mol. The third-order valence-corrected chi connectivity index (χ3v) is 6.89. The molecule has 0 radical (unpaired) electrons. The minimum atomic E-state index is -0.289. The van der Waals surface area contributed by atoms with Gasteiger partial charge < -0.3 is 30.8 Å². The van der Waals surface area contributed by atoms with Crippen LogP contribution < -0.4 is 21.1 Å². The minimum absolute atomic E-state index is 0.0770. The Hall–Kier alpha value is -3.69. The first-order valence-corrected chi connectivity index (χ1v) is 12.3. The molecule has 0 aliphatic carbocycles. The fourth-order valence-corrected chi connectivity index (χ4v) is 4.96. The van der Waals surface area contributed by atoms with E-state index in [9.17, 15) is 4.39 Å². The SMILES string of the molecule is Cc1cc(F)cc(-c2cnc(N)c(-c3nc4ccc(OC5COC5)cc4[nH]3)c2N2CCC(N)CC2)c1. The highest BCUT2D eigenvalue weighted by molar-refractivity contribution is 5.95. The summed E-state index contributed by atoms with van der Waals surface area (Å²) in [5.41, 5.74) is 18.3. The first-order chi connectivity index (χ1) is 17.4. The number of nitrogens with one attached hydrogen (secondary N) is 1. The van der Waals surface area contributed by atoms with Crippen LogP contribution >= 0.6 is 0 Å². The van der Waals surface area contributed by atoms with Gasteiger partial charge in [-0.15, -0.1) is 0 Å². The van der Waals surface area contributed by atoms with Crippen molar-refractivity contribution in [1.29, 1.82) is 0 Å². The van der Waals surface area contributed by atoms with Crippen molar-refractivity contribution in [1.82, 2.24) is 15.0 Å². The van der Waals surface area contributed by atoms with Crippen LogP contribution in [0.5, 0.6) is 5.75 Å². The Morgan fingerprint density at radius 3 is 2.67 bits per heavy atom. The van der Waals surface area contributed by atoms with Gasteiger partial charge in [-0.05, 0) is 55.2 Å². The Bertz CT molecular complexity index is 1410. The van der Waals surface area contributed by atoms with Crippen molar-refractivity contribution < 1.29 is 13.9 Å². The summed E-state index contributed by atoms with van der Waals surface area (Å²) in [5.74, 6) is 1.44. The number of imidazole rings is 1. The van der Waals surface area contributed by atoms with Crippen LogP contribution in [0.25, 0.3) is 33.5 Å². The molecular weight excluding hydrogens is 459 g/mol. The highest BCUT2D eigenvalue weighted by Gasteiger charge is 2.27. The summed E-state index contributed by atoms with van der Waals surface area (Å²) in [6.45, 7) is 4.61. The van der Waals surface area contributed by atoms with Gasteiger partial charge >= 0.3 is 0 Å². The van der Waals surface area contributed by atoms with Crippen molar-refractivity contribution >= 4 is 22.5 Å². The summed E-state index contributed by atoms with van der Waals surface area (Å²) in [6.07, 6.45) is 3.52. The van der Waals surface area contributed by atoms with Crippen LogP contribution in [-0.4, -0.2) is 53.4 Å². The second-order valence-corrected chi connectivity index (χ2v) is 9.66. The lowest BCUT2D eigenvalue weighted by Gasteiger charge is -2.34. The molecule has 0 saturated carbocycles. The summed E-state index contributed by atoms with van der Waals surface area (Å²) in [4.78, 5) is 15.1. The molecule has 2 aliphatic rings. The van der Waals surface area contributed by atoms with Crippen LogP contribution in [0.2, 0.25) is 0 Å². The van der Waals surface area contributed by atoms with Gasteiger partial charge in [0.2, 0.25) is 0 Å². The second-order valence-electron chi connectivity index (χ2n) is 9.66. The predicted molar refractivity (Wildman–Crippen MR) is 139 cm³/mol. The third-order valence-electron chi connectivity index (χ3n) is 6.89. The summed E-state index contributed by atoms with van der Waals surface area (Å²) in [5, 5.41) is 0. The number of fused-ring (bicyclic) bond motifs is 1. The monoisotopic (exact) mass is 488 g/mol. The van der Waals surface area contributed by atoms with E-state index in [1.807, 2.05) is 31.2 Å². The van der Waals surface area contributed by atoms with Crippen LogP contribution in [0, 0.1) is 12.7 Å². The van der Waals surface area contributed by atoms with E-state index in [4.69, 9.17) is 25.9 Å². The van der Waals surface area contributed by atoms with E-state index in [2.05, 4.69) is 14.9 Å². The number of nitrogens with zero attached hydrogens (tertiary/aromatic N) is 3. The smallest absolute Gasteiger partial charge is 0.145 e. The first-order valence-electron chi connectivity index (χ1n) is 12.3. The Kier molecular flexibility index (Phi) is 5.73. The fraction of sp³-hybridized carbons (Fsp3) is 0.333. The molecule has 0 atom stereocenters. The van der Waals surface area contributed by atoms with Gasteiger partial charge in [0.05, 0.1) is 35.5 Å². The number of nitrogens with two attached hydrogens (primary N) is 2. The molecule has 36 heavy (non-hydrogen) atoms. The number of piperidine rings is 1. The number of aryl methyl sites for hydroxylation is 1. The maximum absolute atomic E-state index is 14.4. The van der Waals surface area contributed by atoms with Gasteiger partial charge in [-0.1, -0.05) is 6.07 Å². The predicted octanol–water partition coefficient (Wildman–Crippen LogP) is 4.03. The molecule has 6 rings (SSSR count). The number of nitrogen functional groups attached to an aromatic ring is 1. The normalized spacial score (nSPS) is 16.9. The number of anilines is 2. The maximum Gasteiger partial charge on any atom is 0.145 e. The van der Waals surface area contributed by atoms with Crippen molar-refractivity contribution in [2.75, 3.05) is 36.9 Å². The van der Waals surface area contributed by atoms with E-state index in [1.54, 1.807) is 6.20 Å². The Labute approximate surface area is 208 Å². The van der Waals surface area contributed by atoms with Gasteiger partial charge in [-0.2, -0.15) is 0 Å². The van der Waals surface area contributed by atoms with Gasteiger partial charge in [0.15, 0.2) is 0 Å². The number of aromatic nitrogens is 3. The van der Waals surface area contributed by atoms with Crippen LogP contribution in [0.4, 0.5) is 15.9 Å². The topological polar surface area (TPSA) is 115 Å². The molecule has 0 unspecified atom stereocenters. The lowest BCUT2D eigenvalue weighted by atomic mass is 9.97. The molecule has 4 heterocycles. The number of hydrogen-bond acceptors (Lipinski definition) is 7. The summed E-state index contributed by atoms with van der Waals surface area (Å²) in [6, 6.07) is 10.9. The molecule has 0 spiro atoms. The largest absolute Gasteiger partial charge is 0.486 e. The van der Waals surface area contributed by atoms with Gasteiger partial charge in [-0.25, -0.2) is 14.4 Å². The van der Waals surface area contributed by atoms with Gasteiger partial charge in [0.25, 0.3) is 0 Å². The van der Waals surface area contributed by atoms with Gasteiger partial charge in [0, 0.05) is 37.0 Å². The number of H-pyrrole nitrogens is 1. The van der Waals surface area contributed by atoms with Crippen LogP contribution in [-0.2, 0) is 4.74 Å². The number of rotatable bonds is 5. The van der Waals surface area contributed by atoms with Gasteiger partial charge in [-0.3, -0.25) is 0 Å². The third kappa shape index (κ3) is 4.25. The maximum atomic E-state index is 14.4. The molecule has 2 aromatic carbocycles. The number of pyridine rings is 1. The summed E-state index contributed by atoms with van der Waals surface area (Å²) in [7, 11) is 0. The lowest BCUT2D eigenvalue weighted by molar-refractivity contribution is -0.0796. The zero-order valence-electron chi connectivity index (χ0n) is 20.1. The van der Waals surface area contributed by atoms with E-state index >= 15 is 0 Å².